The second-order valence-corrected chi connectivity index (χ2v) is 9.75. The average molecular weight is 492 g/mol. The Bertz CT molecular complexity index is 1180. The molecule has 184 valence electrons. The molecule has 1 fully saturated rings. The molecule has 0 saturated carbocycles. The van der Waals surface area contributed by atoms with Crippen LogP contribution in [0.15, 0.2) is 60.0 Å². The van der Waals surface area contributed by atoms with E-state index in [1.54, 1.807) is 6.20 Å². The van der Waals surface area contributed by atoms with Gasteiger partial charge in [0.15, 0.2) is 5.16 Å². The molecule has 0 bridgehead atoms. The van der Waals surface area contributed by atoms with Gasteiger partial charge in [-0.25, -0.2) is 4.98 Å². The Hall–Kier alpha value is -3.10. The lowest BCUT2D eigenvalue weighted by molar-refractivity contribution is -0.130. The van der Waals surface area contributed by atoms with Gasteiger partial charge < -0.3 is 10.2 Å². The van der Waals surface area contributed by atoms with Gasteiger partial charge in [0, 0.05) is 44.3 Å². The predicted octanol–water partition coefficient (Wildman–Crippen LogP) is 3.93. The molecule has 1 aliphatic rings. The second-order valence-electron chi connectivity index (χ2n) is 8.80. The van der Waals surface area contributed by atoms with E-state index in [4.69, 9.17) is 0 Å². The van der Waals surface area contributed by atoms with Gasteiger partial charge >= 0.3 is 0 Å². The number of imidazole rings is 1. The summed E-state index contributed by atoms with van der Waals surface area (Å²) in [6, 6.07) is 14.1. The van der Waals surface area contributed by atoms with Crippen LogP contribution in [0, 0.1) is 13.8 Å². The highest BCUT2D eigenvalue weighted by Gasteiger charge is 2.23. The highest BCUT2D eigenvalue weighted by molar-refractivity contribution is 7.99. The number of aryl methyl sites for hydroxylation is 2. The van der Waals surface area contributed by atoms with Crippen LogP contribution < -0.4 is 5.32 Å². The molecule has 4 rings (SSSR count). The van der Waals surface area contributed by atoms with Crippen molar-refractivity contribution in [1.82, 2.24) is 19.4 Å². The van der Waals surface area contributed by atoms with Crippen molar-refractivity contribution >= 4 is 29.3 Å². The lowest BCUT2D eigenvalue weighted by Gasteiger charge is -2.34. The van der Waals surface area contributed by atoms with Gasteiger partial charge in [-0.3, -0.25) is 19.1 Å². The molecule has 1 saturated heterocycles. The van der Waals surface area contributed by atoms with Crippen LogP contribution in [0.5, 0.6) is 0 Å². The van der Waals surface area contributed by atoms with Gasteiger partial charge in [-0.2, -0.15) is 0 Å². The maximum atomic E-state index is 12.9. The molecule has 2 aromatic carbocycles. The summed E-state index contributed by atoms with van der Waals surface area (Å²) < 4.78 is 2.05. The van der Waals surface area contributed by atoms with E-state index in [1.807, 2.05) is 46.0 Å². The van der Waals surface area contributed by atoms with Crippen LogP contribution in [0.4, 0.5) is 5.69 Å². The van der Waals surface area contributed by atoms with Crippen LogP contribution in [0.3, 0.4) is 0 Å². The number of carbonyl (C=O) groups excluding carboxylic acids is 2. The van der Waals surface area contributed by atoms with Crippen LogP contribution >= 0.6 is 11.8 Å². The predicted molar refractivity (Wildman–Crippen MR) is 141 cm³/mol. The largest absolute Gasteiger partial charge is 0.339 e. The molecule has 3 aromatic rings. The Morgan fingerprint density at radius 2 is 1.80 bits per heavy atom. The quantitative estimate of drug-likeness (QED) is 0.484. The molecule has 1 N–H and O–H groups in total. The SMILES string of the molecule is CCc1ccccc1NC(=O)CN1CCN(C(=O)CSc2nccn2-c2cccc(C)c2C)CC1. The number of rotatable bonds is 8. The van der Waals surface area contributed by atoms with E-state index in [0.717, 1.165) is 28.5 Å². The van der Waals surface area contributed by atoms with Gasteiger partial charge in [0.25, 0.3) is 0 Å². The number of carbonyl (C=O) groups is 2. The lowest BCUT2D eigenvalue weighted by Crippen LogP contribution is -2.50. The molecule has 0 aliphatic carbocycles. The smallest absolute Gasteiger partial charge is 0.238 e. The first-order chi connectivity index (χ1) is 17.0. The monoisotopic (exact) mass is 491 g/mol. The standard InChI is InChI=1S/C27H33N5O2S/c1-4-22-9-5-6-10-23(22)29-25(33)18-30-14-16-31(17-15-30)26(34)19-35-27-28-12-13-32(27)24-11-7-8-20(2)21(24)3/h5-13H,4,14-19H2,1-3H3,(H,29,33). The van der Waals surface area contributed by atoms with Gasteiger partial charge in [-0.1, -0.05) is 49.0 Å². The molecular formula is C27H33N5O2S. The van der Waals surface area contributed by atoms with E-state index in [9.17, 15) is 9.59 Å². The summed E-state index contributed by atoms with van der Waals surface area (Å²) in [6.07, 6.45) is 4.59. The number of nitrogens with zero attached hydrogens (tertiary/aromatic N) is 4. The summed E-state index contributed by atoms with van der Waals surface area (Å²) in [6.45, 7) is 9.25. The first kappa shape index (κ1) is 25.0. The molecular weight excluding hydrogens is 458 g/mol. The Kier molecular flexibility index (Phi) is 8.25. The van der Waals surface area contributed by atoms with Gasteiger partial charge in [0.2, 0.25) is 11.8 Å². The zero-order valence-electron chi connectivity index (χ0n) is 20.7. The van der Waals surface area contributed by atoms with Gasteiger partial charge in [0.1, 0.15) is 0 Å². The summed E-state index contributed by atoms with van der Waals surface area (Å²) in [7, 11) is 0. The number of nitrogens with one attached hydrogen (secondary N) is 1. The maximum Gasteiger partial charge on any atom is 0.238 e. The van der Waals surface area contributed by atoms with Crippen LogP contribution in [-0.2, 0) is 16.0 Å². The van der Waals surface area contributed by atoms with Crippen LogP contribution in [-0.4, -0.2) is 69.6 Å². The number of hydrogen-bond acceptors (Lipinski definition) is 5. The highest BCUT2D eigenvalue weighted by atomic mass is 32.2. The number of benzene rings is 2. The van der Waals surface area contributed by atoms with Crippen LogP contribution in [0.2, 0.25) is 0 Å². The van der Waals surface area contributed by atoms with E-state index in [-0.39, 0.29) is 11.8 Å². The molecule has 0 unspecified atom stereocenters. The molecule has 0 spiro atoms. The number of anilines is 1. The first-order valence-corrected chi connectivity index (χ1v) is 13.1. The Labute approximate surface area is 211 Å². The van der Waals surface area contributed by atoms with E-state index in [2.05, 4.69) is 48.1 Å². The van der Waals surface area contributed by atoms with Crippen LogP contribution in [0.1, 0.15) is 23.6 Å². The van der Waals surface area contributed by atoms with Gasteiger partial charge in [-0.05, 0) is 49.1 Å². The van der Waals surface area contributed by atoms with Gasteiger partial charge in [-0.15, -0.1) is 0 Å². The average Bonchev–Trinajstić information content (AvgIpc) is 3.33. The topological polar surface area (TPSA) is 70.5 Å². The van der Waals surface area contributed by atoms with Crippen molar-refractivity contribution in [3.63, 3.8) is 0 Å². The van der Waals surface area contributed by atoms with Crippen molar-refractivity contribution in [2.24, 2.45) is 0 Å². The number of thioether (sulfide) groups is 1. The van der Waals surface area contributed by atoms with E-state index in [0.29, 0.717) is 38.5 Å². The number of amides is 2. The Morgan fingerprint density at radius 1 is 1.03 bits per heavy atom. The number of piperazine rings is 1. The zero-order chi connectivity index (χ0) is 24.8. The summed E-state index contributed by atoms with van der Waals surface area (Å²) in [5.41, 5.74) is 5.53. The van der Waals surface area contributed by atoms with E-state index < -0.39 is 0 Å². The molecule has 0 radical (unpaired) electrons. The van der Waals surface area contributed by atoms with Gasteiger partial charge in [0.05, 0.1) is 18.0 Å². The number of hydrogen-bond donors (Lipinski definition) is 1. The van der Waals surface area contributed by atoms with Crippen molar-refractivity contribution in [1.29, 1.82) is 0 Å². The molecule has 1 aliphatic heterocycles. The maximum absolute atomic E-state index is 12.9. The third kappa shape index (κ3) is 6.13. The Balaban J connectivity index is 1.26. The van der Waals surface area contributed by atoms with Crippen molar-refractivity contribution in [2.75, 3.05) is 43.8 Å². The van der Waals surface area contributed by atoms with Crippen molar-refractivity contribution in [3.8, 4) is 5.69 Å². The third-order valence-corrected chi connectivity index (χ3v) is 7.48. The minimum absolute atomic E-state index is 0.0143. The molecule has 7 nitrogen and oxygen atoms in total. The zero-order valence-corrected chi connectivity index (χ0v) is 21.5. The molecule has 0 atom stereocenters. The molecule has 2 heterocycles. The Morgan fingerprint density at radius 3 is 2.57 bits per heavy atom. The second kappa shape index (κ2) is 11.6. The van der Waals surface area contributed by atoms with E-state index in [1.165, 1.54) is 22.9 Å². The fourth-order valence-electron chi connectivity index (χ4n) is 4.29. The van der Waals surface area contributed by atoms with Crippen molar-refractivity contribution in [2.45, 2.75) is 32.3 Å². The van der Waals surface area contributed by atoms with Crippen molar-refractivity contribution in [3.05, 3.63) is 71.5 Å². The lowest BCUT2D eigenvalue weighted by atomic mass is 10.1. The van der Waals surface area contributed by atoms with Crippen LogP contribution in [0.25, 0.3) is 5.69 Å². The third-order valence-electron chi connectivity index (χ3n) is 6.53. The molecule has 8 heteroatoms. The fourth-order valence-corrected chi connectivity index (χ4v) is 5.16. The summed E-state index contributed by atoms with van der Waals surface area (Å²) in [4.78, 5) is 33.9. The first-order valence-electron chi connectivity index (χ1n) is 12.1. The minimum Gasteiger partial charge on any atom is -0.339 e. The number of para-hydroxylation sites is 1. The van der Waals surface area contributed by atoms with E-state index >= 15 is 0 Å². The normalized spacial score (nSPS) is 14.2. The molecule has 35 heavy (non-hydrogen) atoms. The molecule has 1 aromatic heterocycles. The summed E-state index contributed by atoms with van der Waals surface area (Å²) in [5.74, 6) is 0.432. The minimum atomic E-state index is -0.0143. The summed E-state index contributed by atoms with van der Waals surface area (Å²) in [5, 5.41) is 3.85. The summed E-state index contributed by atoms with van der Waals surface area (Å²) >= 11 is 1.46. The fraction of sp³-hybridized carbons (Fsp3) is 0.370. The molecule has 2 amide bonds. The highest BCUT2D eigenvalue weighted by Crippen LogP contribution is 2.24. The van der Waals surface area contributed by atoms with Crippen molar-refractivity contribution < 1.29 is 9.59 Å². The number of aromatic nitrogens is 2.